The van der Waals surface area contributed by atoms with E-state index >= 15 is 4.39 Å². The standard InChI is InChI=1S/C26H24F3N5O5S/c27-22-15-19(24(35)31-32-25(36)23(28)29)1-2-20(22)16-34(26(37)33-11-13-40(38,39)14-12-33)21-5-3-17(4-6-21)18-7-9-30-10-8-18/h1-10,15,23H,11-14,16H2,(H,31,35)(H,32,36). The molecule has 0 bridgehead atoms. The zero-order chi connectivity index (χ0) is 28.9. The molecule has 4 rings (SSSR count). The number of anilines is 1. The molecule has 1 saturated heterocycles. The molecule has 4 amide bonds. The Bertz CT molecular complexity index is 1490. The molecular weight excluding hydrogens is 551 g/mol. The maximum absolute atomic E-state index is 15.1. The molecule has 0 spiro atoms. The van der Waals surface area contributed by atoms with Gasteiger partial charge in [-0.3, -0.25) is 30.3 Å². The molecule has 40 heavy (non-hydrogen) atoms. The fraction of sp³-hybridized carbons (Fsp3) is 0.231. The van der Waals surface area contributed by atoms with Crippen LogP contribution in [0.1, 0.15) is 15.9 Å². The zero-order valence-corrected chi connectivity index (χ0v) is 21.7. The van der Waals surface area contributed by atoms with Crippen molar-refractivity contribution in [2.75, 3.05) is 29.5 Å². The Balaban J connectivity index is 1.58. The van der Waals surface area contributed by atoms with Crippen molar-refractivity contribution in [3.05, 3.63) is 83.9 Å². The molecule has 0 radical (unpaired) electrons. The monoisotopic (exact) mass is 575 g/mol. The van der Waals surface area contributed by atoms with Crippen LogP contribution in [-0.4, -0.2) is 67.2 Å². The first-order valence-corrected chi connectivity index (χ1v) is 13.8. The molecular formula is C26H24F3N5O5S. The van der Waals surface area contributed by atoms with E-state index in [4.69, 9.17) is 0 Å². The van der Waals surface area contributed by atoms with Crippen LogP contribution in [0.5, 0.6) is 0 Å². The van der Waals surface area contributed by atoms with E-state index in [2.05, 4.69) is 4.98 Å². The Hall–Kier alpha value is -4.46. The predicted molar refractivity (Wildman–Crippen MR) is 139 cm³/mol. The third-order valence-corrected chi connectivity index (χ3v) is 7.79. The quantitative estimate of drug-likeness (QED) is 0.435. The molecule has 0 saturated carbocycles. The molecule has 0 aliphatic carbocycles. The molecule has 1 aliphatic heterocycles. The summed E-state index contributed by atoms with van der Waals surface area (Å²) in [5.74, 6) is -3.98. The van der Waals surface area contributed by atoms with Gasteiger partial charge in [0, 0.05) is 42.3 Å². The molecule has 1 fully saturated rings. The lowest BCUT2D eigenvalue weighted by atomic mass is 10.1. The molecule has 2 heterocycles. The lowest BCUT2D eigenvalue weighted by molar-refractivity contribution is -0.132. The van der Waals surface area contributed by atoms with Crippen molar-refractivity contribution >= 4 is 33.4 Å². The number of nitrogens with zero attached hydrogens (tertiary/aromatic N) is 3. The number of urea groups is 1. The van der Waals surface area contributed by atoms with Crippen molar-refractivity contribution in [2.24, 2.45) is 0 Å². The van der Waals surface area contributed by atoms with Crippen LogP contribution in [0.25, 0.3) is 11.1 Å². The largest absolute Gasteiger partial charge is 0.324 e. The maximum atomic E-state index is 15.1. The highest BCUT2D eigenvalue weighted by molar-refractivity contribution is 7.91. The number of carbonyl (C=O) groups excluding carboxylic acids is 3. The summed E-state index contributed by atoms with van der Waals surface area (Å²) < 4.78 is 63.5. The summed E-state index contributed by atoms with van der Waals surface area (Å²) >= 11 is 0. The molecule has 3 aromatic rings. The third-order valence-electron chi connectivity index (χ3n) is 6.18. The lowest BCUT2D eigenvalue weighted by Gasteiger charge is -2.33. The van der Waals surface area contributed by atoms with E-state index < -0.39 is 39.9 Å². The average molecular weight is 576 g/mol. The molecule has 14 heteroatoms. The molecule has 1 aromatic heterocycles. The molecule has 210 valence electrons. The van der Waals surface area contributed by atoms with Crippen molar-refractivity contribution in [1.29, 1.82) is 0 Å². The van der Waals surface area contributed by atoms with Gasteiger partial charge in [-0.25, -0.2) is 17.6 Å². The number of halogens is 3. The van der Waals surface area contributed by atoms with Gasteiger partial charge in [0.2, 0.25) is 0 Å². The van der Waals surface area contributed by atoms with Gasteiger partial charge in [0.15, 0.2) is 9.84 Å². The average Bonchev–Trinajstić information content (AvgIpc) is 2.95. The van der Waals surface area contributed by atoms with Crippen LogP contribution in [0.2, 0.25) is 0 Å². The van der Waals surface area contributed by atoms with Gasteiger partial charge in [0.1, 0.15) is 5.82 Å². The number of aromatic nitrogens is 1. The van der Waals surface area contributed by atoms with Crippen LogP contribution in [0.15, 0.2) is 67.0 Å². The molecule has 1 aliphatic rings. The number of carbonyl (C=O) groups is 3. The summed E-state index contributed by atoms with van der Waals surface area (Å²) in [5.41, 5.74) is 5.24. The Morgan fingerprint density at radius 1 is 0.925 bits per heavy atom. The Kier molecular flexibility index (Phi) is 8.67. The van der Waals surface area contributed by atoms with Crippen molar-refractivity contribution in [2.45, 2.75) is 13.0 Å². The van der Waals surface area contributed by atoms with E-state index in [1.54, 1.807) is 42.1 Å². The van der Waals surface area contributed by atoms with Crippen LogP contribution < -0.4 is 15.8 Å². The summed E-state index contributed by atoms with van der Waals surface area (Å²) in [4.78, 5) is 43.3. The highest BCUT2D eigenvalue weighted by Gasteiger charge is 2.29. The number of alkyl halides is 2. The van der Waals surface area contributed by atoms with Crippen LogP contribution in [0.4, 0.5) is 23.7 Å². The second-order valence-corrected chi connectivity index (χ2v) is 11.1. The molecule has 2 N–H and O–H groups in total. The van der Waals surface area contributed by atoms with Gasteiger partial charge in [-0.2, -0.15) is 8.78 Å². The topological polar surface area (TPSA) is 129 Å². The SMILES string of the molecule is O=C(NNC(=O)C(F)F)c1ccc(CN(C(=O)N2CCS(=O)(=O)CC2)c2ccc(-c3ccncc3)cc2)c(F)c1. The predicted octanol–water partition coefficient (Wildman–Crippen LogP) is 2.77. The molecule has 10 nitrogen and oxygen atoms in total. The normalized spacial score (nSPS) is 14.4. The number of benzene rings is 2. The van der Waals surface area contributed by atoms with Crippen LogP contribution in [-0.2, 0) is 21.2 Å². The molecule has 0 atom stereocenters. The first-order chi connectivity index (χ1) is 19.0. The molecule has 2 aromatic carbocycles. The van der Waals surface area contributed by atoms with Crippen LogP contribution >= 0.6 is 0 Å². The van der Waals surface area contributed by atoms with Gasteiger partial charge in [-0.15, -0.1) is 0 Å². The summed E-state index contributed by atoms with van der Waals surface area (Å²) in [6.45, 7) is -0.288. The summed E-state index contributed by atoms with van der Waals surface area (Å²) in [6.07, 6.45) is -0.0620. The maximum Gasteiger partial charge on any atom is 0.324 e. The lowest BCUT2D eigenvalue weighted by Crippen LogP contribution is -2.49. The fourth-order valence-corrected chi connectivity index (χ4v) is 5.16. The second kappa shape index (κ2) is 12.2. The number of hydrazine groups is 1. The summed E-state index contributed by atoms with van der Waals surface area (Å²) in [6, 6.07) is 13.3. The highest BCUT2D eigenvalue weighted by atomic mass is 32.2. The fourth-order valence-electron chi connectivity index (χ4n) is 3.95. The Labute approximate surface area is 227 Å². The first-order valence-electron chi connectivity index (χ1n) is 12.0. The van der Waals surface area contributed by atoms with E-state index in [0.717, 1.165) is 17.2 Å². The summed E-state index contributed by atoms with van der Waals surface area (Å²) in [7, 11) is -3.25. The van der Waals surface area contributed by atoms with Crippen molar-refractivity contribution in [3.8, 4) is 11.1 Å². The van der Waals surface area contributed by atoms with Gasteiger partial charge in [0.25, 0.3) is 5.91 Å². The number of hydrogen-bond acceptors (Lipinski definition) is 6. The second-order valence-electron chi connectivity index (χ2n) is 8.84. The van der Waals surface area contributed by atoms with E-state index in [-0.39, 0.29) is 42.3 Å². The minimum atomic E-state index is -3.35. The van der Waals surface area contributed by atoms with Gasteiger partial charge >= 0.3 is 18.4 Å². The van der Waals surface area contributed by atoms with E-state index in [9.17, 15) is 31.6 Å². The first kappa shape index (κ1) is 28.5. The smallest absolute Gasteiger partial charge is 0.322 e. The number of pyridine rings is 1. The Morgan fingerprint density at radius 3 is 2.15 bits per heavy atom. The van der Waals surface area contributed by atoms with E-state index in [1.807, 2.05) is 12.1 Å². The summed E-state index contributed by atoms with van der Waals surface area (Å²) in [5, 5.41) is 0. The van der Waals surface area contributed by atoms with Gasteiger partial charge in [-0.05, 0) is 47.5 Å². The van der Waals surface area contributed by atoms with Crippen LogP contribution in [0, 0.1) is 5.82 Å². The number of nitrogens with one attached hydrogen (secondary N) is 2. The van der Waals surface area contributed by atoms with Crippen molar-refractivity contribution in [1.82, 2.24) is 20.7 Å². The number of sulfone groups is 1. The van der Waals surface area contributed by atoms with E-state index in [1.165, 1.54) is 27.4 Å². The van der Waals surface area contributed by atoms with E-state index in [0.29, 0.717) is 5.69 Å². The number of rotatable bonds is 6. The Morgan fingerprint density at radius 2 is 1.55 bits per heavy atom. The third kappa shape index (κ3) is 6.94. The van der Waals surface area contributed by atoms with Gasteiger partial charge in [-0.1, -0.05) is 18.2 Å². The molecule has 0 unspecified atom stereocenters. The minimum absolute atomic E-state index is 0.0152. The highest BCUT2D eigenvalue weighted by Crippen LogP contribution is 2.26. The van der Waals surface area contributed by atoms with Gasteiger partial charge in [0.05, 0.1) is 18.1 Å². The number of hydrogen-bond donors (Lipinski definition) is 2. The zero-order valence-electron chi connectivity index (χ0n) is 20.9. The van der Waals surface area contributed by atoms with Crippen molar-refractivity contribution in [3.63, 3.8) is 0 Å². The van der Waals surface area contributed by atoms with Crippen molar-refractivity contribution < 1.29 is 36.0 Å². The minimum Gasteiger partial charge on any atom is -0.322 e. The van der Waals surface area contributed by atoms with Gasteiger partial charge < -0.3 is 4.90 Å². The number of amides is 4. The van der Waals surface area contributed by atoms with Crippen LogP contribution in [0.3, 0.4) is 0 Å².